The van der Waals surface area contributed by atoms with E-state index in [1.807, 2.05) is 52.0 Å². The molecule has 1 amide bonds. The van der Waals surface area contributed by atoms with Crippen LogP contribution >= 0.6 is 0 Å². The Hall–Kier alpha value is -3.26. The Bertz CT molecular complexity index is 961. The molecule has 0 saturated carbocycles. The number of nitriles is 1. The van der Waals surface area contributed by atoms with E-state index in [4.69, 9.17) is 9.47 Å². The summed E-state index contributed by atoms with van der Waals surface area (Å²) in [5, 5.41) is 12.4. The third-order valence-electron chi connectivity index (χ3n) is 4.43. The van der Waals surface area contributed by atoms with Gasteiger partial charge < -0.3 is 14.8 Å². The summed E-state index contributed by atoms with van der Waals surface area (Å²) in [6.07, 6.45) is 1.56. The molecule has 1 N–H and O–H groups in total. The summed E-state index contributed by atoms with van der Waals surface area (Å²) in [4.78, 5) is 12.7. The third-order valence-corrected chi connectivity index (χ3v) is 4.43. The molecule has 0 heterocycles. The van der Waals surface area contributed by atoms with Gasteiger partial charge in [-0.1, -0.05) is 37.6 Å². The first-order valence-corrected chi connectivity index (χ1v) is 10.2. The first-order chi connectivity index (χ1) is 14.2. The van der Waals surface area contributed by atoms with Gasteiger partial charge in [0.1, 0.15) is 11.6 Å². The molecule has 0 aromatic heterocycles. The van der Waals surface area contributed by atoms with Crippen molar-refractivity contribution in [1.82, 2.24) is 0 Å². The molecule has 30 heavy (non-hydrogen) atoms. The number of rotatable bonds is 8. The summed E-state index contributed by atoms with van der Waals surface area (Å²) in [6.45, 7) is 13.0. The Morgan fingerprint density at radius 1 is 1.10 bits per heavy atom. The molecule has 0 saturated heterocycles. The molecule has 0 radical (unpaired) electrons. The van der Waals surface area contributed by atoms with Gasteiger partial charge in [0.15, 0.2) is 11.5 Å². The van der Waals surface area contributed by atoms with Crippen molar-refractivity contribution in [3.05, 3.63) is 58.2 Å². The molecular weight excluding hydrogens is 376 g/mol. The van der Waals surface area contributed by atoms with Crippen molar-refractivity contribution in [2.75, 3.05) is 18.5 Å². The average Bonchev–Trinajstić information content (AvgIpc) is 2.68. The maximum absolute atomic E-state index is 12.7. The van der Waals surface area contributed by atoms with Gasteiger partial charge >= 0.3 is 0 Å². The summed E-state index contributed by atoms with van der Waals surface area (Å²) in [5.74, 6) is 1.19. The fourth-order valence-electron chi connectivity index (χ4n) is 3.13. The van der Waals surface area contributed by atoms with E-state index in [0.717, 1.165) is 22.4 Å². The first-order valence-electron chi connectivity index (χ1n) is 10.2. The summed E-state index contributed by atoms with van der Waals surface area (Å²) in [6, 6.07) is 11.4. The van der Waals surface area contributed by atoms with Crippen LogP contribution in [0.1, 0.15) is 43.0 Å². The topological polar surface area (TPSA) is 71.3 Å². The fraction of sp³-hybridized carbons (Fsp3) is 0.360. The zero-order chi connectivity index (χ0) is 22.3. The van der Waals surface area contributed by atoms with Gasteiger partial charge in [-0.05, 0) is 68.5 Å². The Kier molecular flexibility index (Phi) is 8.06. The van der Waals surface area contributed by atoms with Gasteiger partial charge in [-0.15, -0.1) is 0 Å². The average molecular weight is 407 g/mol. The van der Waals surface area contributed by atoms with Crippen LogP contribution in [-0.4, -0.2) is 19.1 Å². The van der Waals surface area contributed by atoms with Crippen molar-refractivity contribution in [3.63, 3.8) is 0 Å². The highest BCUT2D eigenvalue weighted by atomic mass is 16.5. The number of carbonyl (C=O) groups excluding carboxylic acids is 1. The smallest absolute Gasteiger partial charge is 0.266 e. The van der Waals surface area contributed by atoms with Crippen LogP contribution < -0.4 is 14.8 Å². The lowest BCUT2D eigenvalue weighted by Crippen LogP contribution is -2.15. The van der Waals surface area contributed by atoms with E-state index in [9.17, 15) is 10.1 Å². The highest BCUT2D eigenvalue weighted by Crippen LogP contribution is 2.30. The van der Waals surface area contributed by atoms with Gasteiger partial charge in [-0.3, -0.25) is 4.79 Å². The van der Waals surface area contributed by atoms with E-state index in [1.54, 1.807) is 18.2 Å². The lowest BCUT2D eigenvalue weighted by atomic mass is 10.0. The highest BCUT2D eigenvalue weighted by Gasteiger charge is 2.14. The van der Waals surface area contributed by atoms with E-state index < -0.39 is 5.91 Å². The van der Waals surface area contributed by atoms with Crippen LogP contribution in [0.25, 0.3) is 6.08 Å². The van der Waals surface area contributed by atoms with Crippen LogP contribution in [0.5, 0.6) is 11.5 Å². The molecule has 2 aromatic rings. The van der Waals surface area contributed by atoms with Crippen molar-refractivity contribution in [1.29, 1.82) is 5.26 Å². The molecule has 5 nitrogen and oxygen atoms in total. The van der Waals surface area contributed by atoms with E-state index in [1.165, 1.54) is 0 Å². The Balaban J connectivity index is 2.29. The van der Waals surface area contributed by atoms with Gasteiger partial charge in [-0.2, -0.15) is 5.26 Å². The summed E-state index contributed by atoms with van der Waals surface area (Å²) in [7, 11) is 0. The fourth-order valence-corrected chi connectivity index (χ4v) is 3.13. The Labute approximate surface area is 179 Å². The predicted molar refractivity (Wildman–Crippen MR) is 121 cm³/mol. The molecule has 0 atom stereocenters. The predicted octanol–water partition coefficient (Wildman–Crippen LogP) is 5.59. The van der Waals surface area contributed by atoms with Gasteiger partial charge in [0.25, 0.3) is 5.91 Å². The Morgan fingerprint density at radius 2 is 1.77 bits per heavy atom. The number of benzene rings is 2. The summed E-state index contributed by atoms with van der Waals surface area (Å²) < 4.78 is 11.5. The van der Waals surface area contributed by atoms with Crippen LogP contribution in [0, 0.1) is 38.0 Å². The molecule has 0 fully saturated rings. The van der Waals surface area contributed by atoms with E-state index in [2.05, 4.69) is 19.2 Å². The monoisotopic (exact) mass is 406 g/mol. The number of hydrogen-bond acceptors (Lipinski definition) is 4. The minimum atomic E-state index is -0.439. The minimum absolute atomic E-state index is 0.0210. The number of nitrogens with one attached hydrogen (secondary N) is 1. The third kappa shape index (κ3) is 6.12. The number of carbonyl (C=O) groups is 1. The van der Waals surface area contributed by atoms with Crippen LogP contribution in [0.4, 0.5) is 5.69 Å². The lowest BCUT2D eigenvalue weighted by Gasteiger charge is -2.14. The van der Waals surface area contributed by atoms with E-state index in [0.29, 0.717) is 36.2 Å². The largest absolute Gasteiger partial charge is 0.490 e. The highest BCUT2D eigenvalue weighted by molar-refractivity contribution is 6.10. The SMILES string of the molecule is CCOc1cc(/C=C(\C#N)C(=O)Nc2c(C)cc(C)cc2C)ccc1OCC(C)C. The second kappa shape index (κ2) is 10.5. The molecule has 0 spiro atoms. The molecule has 0 unspecified atom stereocenters. The number of ether oxygens (including phenoxy) is 2. The molecule has 0 bridgehead atoms. The molecule has 0 aliphatic heterocycles. The minimum Gasteiger partial charge on any atom is -0.490 e. The molecular formula is C25H30N2O3. The molecule has 2 aromatic carbocycles. The first kappa shape index (κ1) is 23.0. The van der Waals surface area contributed by atoms with Crippen molar-refractivity contribution in [3.8, 4) is 17.6 Å². The zero-order valence-electron chi connectivity index (χ0n) is 18.6. The summed E-state index contributed by atoms with van der Waals surface area (Å²) >= 11 is 0. The second-order valence-electron chi connectivity index (χ2n) is 7.74. The number of amides is 1. The maximum atomic E-state index is 12.7. The van der Waals surface area contributed by atoms with Crippen LogP contribution in [0.15, 0.2) is 35.9 Å². The molecule has 2 rings (SSSR count). The second-order valence-corrected chi connectivity index (χ2v) is 7.74. The van der Waals surface area contributed by atoms with Crippen molar-refractivity contribution in [2.24, 2.45) is 5.92 Å². The van der Waals surface area contributed by atoms with Gasteiger partial charge in [0.05, 0.1) is 13.2 Å². The Morgan fingerprint density at radius 3 is 2.33 bits per heavy atom. The maximum Gasteiger partial charge on any atom is 0.266 e. The zero-order valence-corrected chi connectivity index (χ0v) is 18.6. The number of aryl methyl sites for hydroxylation is 3. The van der Waals surface area contributed by atoms with Gasteiger partial charge in [0.2, 0.25) is 0 Å². The van der Waals surface area contributed by atoms with Gasteiger partial charge in [0, 0.05) is 5.69 Å². The molecule has 0 aliphatic carbocycles. The normalized spacial score (nSPS) is 11.2. The molecule has 158 valence electrons. The van der Waals surface area contributed by atoms with Crippen LogP contribution in [0.2, 0.25) is 0 Å². The number of hydrogen-bond donors (Lipinski definition) is 1. The van der Waals surface area contributed by atoms with Crippen LogP contribution in [0.3, 0.4) is 0 Å². The van der Waals surface area contributed by atoms with Crippen molar-refractivity contribution >= 4 is 17.7 Å². The number of nitrogens with zero attached hydrogens (tertiary/aromatic N) is 1. The molecule has 0 aliphatic rings. The summed E-state index contributed by atoms with van der Waals surface area (Å²) in [5.41, 5.74) is 4.50. The van der Waals surface area contributed by atoms with Gasteiger partial charge in [-0.25, -0.2) is 0 Å². The standard InChI is InChI=1S/C25H30N2O3/c1-7-29-23-13-20(8-9-22(23)30-15-16(2)3)12-21(14-26)25(28)27-24-18(5)10-17(4)11-19(24)6/h8-13,16H,7,15H2,1-6H3,(H,27,28)/b21-12+. The van der Waals surface area contributed by atoms with Crippen LogP contribution in [-0.2, 0) is 4.79 Å². The lowest BCUT2D eigenvalue weighted by molar-refractivity contribution is -0.112. The van der Waals surface area contributed by atoms with E-state index >= 15 is 0 Å². The number of anilines is 1. The quantitative estimate of drug-likeness (QED) is 0.458. The van der Waals surface area contributed by atoms with Crippen molar-refractivity contribution in [2.45, 2.75) is 41.5 Å². The van der Waals surface area contributed by atoms with Crippen molar-refractivity contribution < 1.29 is 14.3 Å². The molecule has 5 heteroatoms. The van der Waals surface area contributed by atoms with E-state index in [-0.39, 0.29) is 5.57 Å².